The van der Waals surface area contributed by atoms with Gasteiger partial charge in [-0.1, -0.05) is 23.7 Å². The highest BCUT2D eigenvalue weighted by Crippen LogP contribution is 2.29. The molecule has 0 heterocycles. The van der Waals surface area contributed by atoms with Crippen LogP contribution in [0.25, 0.3) is 0 Å². The van der Waals surface area contributed by atoms with E-state index in [1.165, 1.54) is 0 Å². The molecular formula is C15H23ClN2O. The van der Waals surface area contributed by atoms with Crippen LogP contribution in [0.15, 0.2) is 24.3 Å². The minimum Gasteiger partial charge on any atom is -0.349 e. The van der Waals surface area contributed by atoms with Crippen molar-refractivity contribution in [3.63, 3.8) is 0 Å². The molecule has 19 heavy (non-hydrogen) atoms. The molecule has 0 radical (unpaired) electrons. The molecule has 3 N–H and O–H groups in total. The van der Waals surface area contributed by atoms with Gasteiger partial charge < -0.3 is 11.1 Å². The highest BCUT2D eigenvalue weighted by atomic mass is 35.5. The SMILES string of the molecule is CC(NC(=O)C(C)(C)C(C)(C)N)c1cccc(Cl)c1. The molecule has 1 atom stereocenters. The number of rotatable bonds is 4. The maximum absolute atomic E-state index is 12.4. The van der Waals surface area contributed by atoms with E-state index in [4.69, 9.17) is 17.3 Å². The zero-order chi connectivity index (χ0) is 14.8. The lowest BCUT2D eigenvalue weighted by Crippen LogP contribution is -2.55. The quantitative estimate of drug-likeness (QED) is 0.890. The van der Waals surface area contributed by atoms with Crippen molar-refractivity contribution < 1.29 is 4.79 Å². The fraction of sp³-hybridized carbons (Fsp3) is 0.533. The summed E-state index contributed by atoms with van der Waals surface area (Å²) in [4.78, 5) is 12.4. The first-order valence-corrected chi connectivity index (χ1v) is 6.79. The third-order valence-corrected chi connectivity index (χ3v) is 4.11. The summed E-state index contributed by atoms with van der Waals surface area (Å²) in [6.45, 7) is 9.36. The molecule has 0 saturated heterocycles. The van der Waals surface area contributed by atoms with E-state index in [1.54, 1.807) is 0 Å². The Morgan fingerprint density at radius 2 is 1.89 bits per heavy atom. The number of hydrogen-bond donors (Lipinski definition) is 2. The van der Waals surface area contributed by atoms with Crippen molar-refractivity contribution in [3.05, 3.63) is 34.9 Å². The van der Waals surface area contributed by atoms with Crippen molar-refractivity contribution >= 4 is 17.5 Å². The van der Waals surface area contributed by atoms with Crippen molar-refractivity contribution in [1.82, 2.24) is 5.32 Å². The van der Waals surface area contributed by atoms with Crippen LogP contribution in [-0.4, -0.2) is 11.4 Å². The van der Waals surface area contributed by atoms with Crippen molar-refractivity contribution in [1.29, 1.82) is 0 Å². The van der Waals surface area contributed by atoms with Gasteiger partial charge in [0.15, 0.2) is 0 Å². The van der Waals surface area contributed by atoms with Crippen LogP contribution in [0.5, 0.6) is 0 Å². The molecule has 0 spiro atoms. The molecule has 0 aliphatic carbocycles. The van der Waals surface area contributed by atoms with Gasteiger partial charge in [0, 0.05) is 10.6 Å². The Balaban J connectivity index is 2.83. The molecule has 0 fully saturated rings. The smallest absolute Gasteiger partial charge is 0.227 e. The number of amides is 1. The molecule has 1 rings (SSSR count). The van der Waals surface area contributed by atoms with Gasteiger partial charge in [0.2, 0.25) is 5.91 Å². The second-order valence-corrected chi connectivity index (χ2v) is 6.53. The Hall–Kier alpha value is -1.06. The first kappa shape index (κ1) is 16.0. The van der Waals surface area contributed by atoms with Gasteiger partial charge in [-0.15, -0.1) is 0 Å². The standard InChI is InChI=1S/C15H23ClN2O/c1-10(11-7-6-8-12(16)9-11)18-13(19)14(2,3)15(4,5)17/h6-10H,17H2,1-5H3,(H,18,19). The van der Waals surface area contributed by atoms with Crippen LogP contribution in [-0.2, 0) is 4.79 Å². The monoisotopic (exact) mass is 282 g/mol. The summed E-state index contributed by atoms with van der Waals surface area (Å²) in [6, 6.07) is 7.38. The van der Waals surface area contributed by atoms with Gasteiger partial charge in [-0.2, -0.15) is 0 Å². The maximum Gasteiger partial charge on any atom is 0.227 e. The van der Waals surface area contributed by atoms with Gasteiger partial charge in [0.05, 0.1) is 11.5 Å². The summed E-state index contributed by atoms with van der Waals surface area (Å²) in [5, 5.41) is 3.66. The van der Waals surface area contributed by atoms with Crippen molar-refractivity contribution in [2.45, 2.75) is 46.2 Å². The van der Waals surface area contributed by atoms with E-state index in [0.717, 1.165) is 5.56 Å². The second kappa shape index (κ2) is 5.51. The van der Waals surface area contributed by atoms with Crippen molar-refractivity contribution in [2.75, 3.05) is 0 Å². The molecule has 1 unspecified atom stereocenters. The summed E-state index contributed by atoms with van der Waals surface area (Å²) in [6.07, 6.45) is 0. The highest BCUT2D eigenvalue weighted by molar-refractivity contribution is 6.30. The van der Waals surface area contributed by atoms with Crippen molar-refractivity contribution in [2.24, 2.45) is 11.1 Å². The predicted molar refractivity (Wildman–Crippen MR) is 80.1 cm³/mol. The molecule has 0 aliphatic heterocycles. The highest BCUT2D eigenvalue weighted by Gasteiger charge is 2.40. The van der Waals surface area contributed by atoms with Gasteiger partial charge in [-0.25, -0.2) is 0 Å². The summed E-state index contributed by atoms with van der Waals surface area (Å²) in [7, 11) is 0. The van der Waals surface area contributed by atoms with Crippen LogP contribution in [0, 0.1) is 5.41 Å². The topological polar surface area (TPSA) is 55.1 Å². The number of nitrogens with two attached hydrogens (primary N) is 1. The number of nitrogens with one attached hydrogen (secondary N) is 1. The number of carbonyl (C=O) groups excluding carboxylic acids is 1. The summed E-state index contributed by atoms with van der Waals surface area (Å²) >= 11 is 5.96. The van der Waals surface area contributed by atoms with E-state index in [2.05, 4.69) is 5.32 Å². The van der Waals surface area contributed by atoms with E-state index >= 15 is 0 Å². The first-order chi connectivity index (χ1) is 8.55. The van der Waals surface area contributed by atoms with Crippen LogP contribution < -0.4 is 11.1 Å². The number of hydrogen-bond acceptors (Lipinski definition) is 2. The largest absolute Gasteiger partial charge is 0.349 e. The molecule has 0 aromatic heterocycles. The Kier molecular flexibility index (Phi) is 4.64. The summed E-state index contributed by atoms with van der Waals surface area (Å²) < 4.78 is 0. The van der Waals surface area contributed by atoms with Gasteiger partial charge in [-0.05, 0) is 52.3 Å². The Morgan fingerprint density at radius 1 is 1.32 bits per heavy atom. The molecule has 4 heteroatoms. The van der Waals surface area contributed by atoms with E-state index in [1.807, 2.05) is 58.9 Å². The zero-order valence-electron chi connectivity index (χ0n) is 12.3. The third-order valence-electron chi connectivity index (χ3n) is 3.87. The van der Waals surface area contributed by atoms with Crippen LogP contribution in [0.1, 0.15) is 46.2 Å². The van der Waals surface area contributed by atoms with Gasteiger partial charge >= 0.3 is 0 Å². The van der Waals surface area contributed by atoms with E-state index in [-0.39, 0.29) is 11.9 Å². The Labute approximate surface area is 120 Å². The number of halogens is 1. The summed E-state index contributed by atoms with van der Waals surface area (Å²) in [5.74, 6) is -0.0625. The summed E-state index contributed by atoms with van der Waals surface area (Å²) in [5.41, 5.74) is 5.80. The normalized spacial score (nSPS) is 14.1. The third kappa shape index (κ3) is 3.71. The molecule has 0 bridgehead atoms. The lowest BCUT2D eigenvalue weighted by atomic mass is 9.74. The average molecular weight is 283 g/mol. The lowest BCUT2D eigenvalue weighted by Gasteiger charge is -2.37. The van der Waals surface area contributed by atoms with E-state index in [0.29, 0.717) is 5.02 Å². The van der Waals surface area contributed by atoms with Crippen LogP contribution in [0.4, 0.5) is 0 Å². The molecule has 0 saturated carbocycles. The first-order valence-electron chi connectivity index (χ1n) is 6.41. The molecule has 0 aliphatic rings. The number of benzene rings is 1. The fourth-order valence-electron chi connectivity index (χ4n) is 1.53. The molecular weight excluding hydrogens is 260 g/mol. The van der Waals surface area contributed by atoms with E-state index in [9.17, 15) is 4.79 Å². The van der Waals surface area contributed by atoms with Gasteiger partial charge in [-0.3, -0.25) is 4.79 Å². The maximum atomic E-state index is 12.4. The van der Waals surface area contributed by atoms with Gasteiger partial charge in [0.1, 0.15) is 0 Å². The van der Waals surface area contributed by atoms with Crippen LogP contribution in [0.2, 0.25) is 5.02 Å². The van der Waals surface area contributed by atoms with Crippen LogP contribution in [0.3, 0.4) is 0 Å². The molecule has 106 valence electrons. The van der Waals surface area contributed by atoms with Crippen LogP contribution >= 0.6 is 11.6 Å². The second-order valence-electron chi connectivity index (χ2n) is 6.10. The van der Waals surface area contributed by atoms with E-state index < -0.39 is 11.0 Å². The molecule has 3 nitrogen and oxygen atoms in total. The average Bonchev–Trinajstić information content (AvgIpc) is 2.27. The van der Waals surface area contributed by atoms with Crippen molar-refractivity contribution in [3.8, 4) is 0 Å². The Morgan fingerprint density at radius 3 is 2.37 bits per heavy atom. The molecule has 1 aromatic carbocycles. The minimum absolute atomic E-state index is 0.0625. The Bertz CT molecular complexity index is 463. The lowest BCUT2D eigenvalue weighted by molar-refractivity contribution is -0.132. The fourth-order valence-corrected chi connectivity index (χ4v) is 1.73. The minimum atomic E-state index is -0.653. The number of carbonyl (C=O) groups is 1. The molecule has 1 aromatic rings. The van der Waals surface area contributed by atoms with Gasteiger partial charge in [0.25, 0.3) is 0 Å². The predicted octanol–water partition coefficient (Wildman–Crippen LogP) is 3.28. The zero-order valence-corrected chi connectivity index (χ0v) is 13.0. The molecule has 1 amide bonds.